The maximum atomic E-state index is 12.4. The SMILES string of the molecule is CCCNC(=O)CN1CCN(C(=O)CCSc2ccc(C)c(C)c2)CC1. The Balaban J connectivity index is 1.66. The van der Waals surface area contributed by atoms with Crippen molar-refractivity contribution >= 4 is 23.6 Å². The summed E-state index contributed by atoms with van der Waals surface area (Å²) in [5, 5.41) is 2.90. The van der Waals surface area contributed by atoms with Crippen LogP contribution in [0.4, 0.5) is 0 Å². The van der Waals surface area contributed by atoms with Gasteiger partial charge in [0, 0.05) is 49.8 Å². The number of nitrogens with zero attached hydrogens (tertiary/aromatic N) is 2. The first kappa shape index (κ1) is 20.8. The van der Waals surface area contributed by atoms with Crippen molar-refractivity contribution in [1.29, 1.82) is 0 Å². The molecule has 0 atom stereocenters. The van der Waals surface area contributed by atoms with Gasteiger partial charge in [0.25, 0.3) is 0 Å². The molecule has 2 amide bonds. The van der Waals surface area contributed by atoms with Gasteiger partial charge >= 0.3 is 0 Å². The standard InChI is InChI=1S/C20H31N3O2S/c1-4-8-21-19(24)15-22-9-11-23(12-10-22)20(25)7-13-26-18-6-5-16(2)17(3)14-18/h5-6,14H,4,7-13,15H2,1-3H3,(H,21,24). The summed E-state index contributed by atoms with van der Waals surface area (Å²) in [6, 6.07) is 6.45. The lowest BCUT2D eigenvalue weighted by molar-refractivity contribution is -0.132. The molecule has 0 saturated carbocycles. The van der Waals surface area contributed by atoms with Crippen LogP contribution >= 0.6 is 11.8 Å². The number of aryl methyl sites for hydroxylation is 2. The first-order valence-corrected chi connectivity index (χ1v) is 10.4. The lowest BCUT2D eigenvalue weighted by Gasteiger charge is -2.34. The van der Waals surface area contributed by atoms with Gasteiger partial charge in [-0.15, -0.1) is 11.8 Å². The number of benzene rings is 1. The summed E-state index contributed by atoms with van der Waals surface area (Å²) in [5.41, 5.74) is 2.59. The lowest BCUT2D eigenvalue weighted by atomic mass is 10.1. The maximum Gasteiger partial charge on any atom is 0.234 e. The summed E-state index contributed by atoms with van der Waals surface area (Å²) in [7, 11) is 0. The molecule has 1 saturated heterocycles. The van der Waals surface area contributed by atoms with Crippen molar-refractivity contribution in [2.75, 3.05) is 45.0 Å². The molecule has 0 aliphatic carbocycles. The van der Waals surface area contributed by atoms with E-state index in [-0.39, 0.29) is 11.8 Å². The van der Waals surface area contributed by atoms with Crippen molar-refractivity contribution in [2.45, 2.75) is 38.5 Å². The Kier molecular flexibility index (Phi) is 8.45. The fourth-order valence-electron chi connectivity index (χ4n) is 2.90. The monoisotopic (exact) mass is 377 g/mol. The van der Waals surface area contributed by atoms with E-state index in [1.165, 1.54) is 16.0 Å². The molecule has 0 unspecified atom stereocenters. The molecule has 1 aromatic rings. The second-order valence-corrected chi connectivity index (χ2v) is 8.02. The molecule has 1 heterocycles. The summed E-state index contributed by atoms with van der Waals surface area (Å²) < 4.78 is 0. The van der Waals surface area contributed by atoms with E-state index in [9.17, 15) is 9.59 Å². The van der Waals surface area contributed by atoms with E-state index < -0.39 is 0 Å². The minimum atomic E-state index is 0.0800. The van der Waals surface area contributed by atoms with E-state index in [0.29, 0.717) is 26.1 Å². The van der Waals surface area contributed by atoms with Crippen LogP contribution in [0.25, 0.3) is 0 Å². The molecule has 0 radical (unpaired) electrons. The molecule has 2 rings (SSSR count). The quantitative estimate of drug-likeness (QED) is 0.707. The molecule has 1 aliphatic heterocycles. The van der Waals surface area contributed by atoms with Crippen LogP contribution in [0.2, 0.25) is 0 Å². The summed E-state index contributed by atoms with van der Waals surface area (Å²) in [6.45, 7) is 10.4. The van der Waals surface area contributed by atoms with Gasteiger partial charge in [-0.2, -0.15) is 0 Å². The van der Waals surface area contributed by atoms with Gasteiger partial charge in [0.2, 0.25) is 11.8 Å². The average Bonchev–Trinajstić information content (AvgIpc) is 2.63. The normalized spacial score (nSPS) is 15.1. The largest absolute Gasteiger partial charge is 0.355 e. The highest BCUT2D eigenvalue weighted by Gasteiger charge is 2.22. The number of carbonyl (C=O) groups excluding carboxylic acids is 2. The summed E-state index contributed by atoms with van der Waals surface area (Å²) in [4.78, 5) is 29.4. The zero-order chi connectivity index (χ0) is 18.9. The Morgan fingerprint density at radius 3 is 2.50 bits per heavy atom. The third-order valence-corrected chi connectivity index (χ3v) is 5.72. The maximum absolute atomic E-state index is 12.4. The van der Waals surface area contributed by atoms with E-state index in [4.69, 9.17) is 0 Å². The lowest BCUT2D eigenvalue weighted by Crippen LogP contribution is -2.51. The van der Waals surface area contributed by atoms with Crippen LogP contribution < -0.4 is 5.32 Å². The third kappa shape index (κ3) is 6.65. The van der Waals surface area contributed by atoms with Crippen molar-refractivity contribution in [3.8, 4) is 0 Å². The highest BCUT2D eigenvalue weighted by Crippen LogP contribution is 2.22. The van der Waals surface area contributed by atoms with Crippen molar-refractivity contribution in [3.05, 3.63) is 29.3 Å². The van der Waals surface area contributed by atoms with Crippen LogP contribution in [0.5, 0.6) is 0 Å². The second kappa shape index (κ2) is 10.6. The van der Waals surface area contributed by atoms with E-state index >= 15 is 0 Å². The van der Waals surface area contributed by atoms with Crippen LogP contribution in [0, 0.1) is 13.8 Å². The number of amides is 2. The number of thioether (sulfide) groups is 1. The molecule has 1 aliphatic rings. The molecule has 0 bridgehead atoms. The fraction of sp³-hybridized carbons (Fsp3) is 0.600. The number of rotatable bonds is 8. The topological polar surface area (TPSA) is 52.7 Å². The minimum Gasteiger partial charge on any atom is -0.355 e. The van der Waals surface area contributed by atoms with Gasteiger partial charge in [-0.25, -0.2) is 0 Å². The Labute approximate surface area is 161 Å². The molecular weight excluding hydrogens is 346 g/mol. The minimum absolute atomic E-state index is 0.0800. The van der Waals surface area contributed by atoms with Crippen molar-refractivity contribution in [2.24, 2.45) is 0 Å². The number of hydrogen-bond donors (Lipinski definition) is 1. The molecule has 1 aromatic carbocycles. The number of hydrogen-bond acceptors (Lipinski definition) is 4. The summed E-state index contributed by atoms with van der Waals surface area (Å²) in [6.07, 6.45) is 1.52. The molecule has 0 aromatic heterocycles. The molecule has 144 valence electrons. The highest BCUT2D eigenvalue weighted by molar-refractivity contribution is 7.99. The molecule has 5 nitrogen and oxygen atoms in total. The van der Waals surface area contributed by atoms with Gasteiger partial charge in [-0.1, -0.05) is 13.0 Å². The van der Waals surface area contributed by atoms with E-state index in [1.54, 1.807) is 11.8 Å². The Morgan fingerprint density at radius 2 is 1.85 bits per heavy atom. The predicted molar refractivity (Wildman–Crippen MR) is 108 cm³/mol. The van der Waals surface area contributed by atoms with Crippen LogP contribution in [0.15, 0.2) is 23.1 Å². The van der Waals surface area contributed by atoms with Gasteiger partial charge in [-0.3, -0.25) is 14.5 Å². The van der Waals surface area contributed by atoms with Gasteiger partial charge < -0.3 is 10.2 Å². The number of nitrogens with one attached hydrogen (secondary N) is 1. The van der Waals surface area contributed by atoms with Crippen LogP contribution in [0.1, 0.15) is 30.9 Å². The van der Waals surface area contributed by atoms with Gasteiger partial charge in [0.05, 0.1) is 6.54 Å². The van der Waals surface area contributed by atoms with Crippen molar-refractivity contribution < 1.29 is 9.59 Å². The third-order valence-electron chi connectivity index (χ3n) is 4.73. The molecular formula is C20H31N3O2S. The smallest absolute Gasteiger partial charge is 0.234 e. The molecule has 1 N–H and O–H groups in total. The zero-order valence-corrected chi connectivity index (χ0v) is 17.0. The second-order valence-electron chi connectivity index (χ2n) is 6.85. The van der Waals surface area contributed by atoms with Crippen molar-refractivity contribution in [3.63, 3.8) is 0 Å². The average molecular weight is 378 g/mol. The van der Waals surface area contributed by atoms with E-state index in [2.05, 4.69) is 42.3 Å². The van der Waals surface area contributed by atoms with Gasteiger partial charge in [0.15, 0.2) is 0 Å². The Hall–Kier alpha value is -1.53. The van der Waals surface area contributed by atoms with E-state index in [1.807, 2.05) is 11.8 Å². The Morgan fingerprint density at radius 1 is 1.12 bits per heavy atom. The Bertz CT molecular complexity index is 613. The first-order chi connectivity index (χ1) is 12.5. The molecule has 1 fully saturated rings. The van der Waals surface area contributed by atoms with Crippen LogP contribution in [-0.2, 0) is 9.59 Å². The van der Waals surface area contributed by atoms with Gasteiger partial charge in [0.1, 0.15) is 0 Å². The van der Waals surface area contributed by atoms with Crippen molar-refractivity contribution in [1.82, 2.24) is 15.1 Å². The molecule has 0 spiro atoms. The first-order valence-electron chi connectivity index (χ1n) is 9.46. The fourth-order valence-corrected chi connectivity index (χ4v) is 3.83. The highest BCUT2D eigenvalue weighted by atomic mass is 32.2. The van der Waals surface area contributed by atoms with Gasteiger partial charge in [-0.05, 0) is 43.5 Å². The predicted octanol–water partition coefficient (Wildman–Crippen LogP) is 2.46. The van der Waals surface area contributed by atoms with Crippen LogP contribution in [-0.4, -0.2) is 66.6 Å². The summed E-state index contributed by atoms with van der Waals surface area (Å²) in [5.74, 6) is 1.11. The van der Waals surface area contributed by atoms with E-state index in [0.717, 1.165) is 31.8 Å². The zero-order valence-electron chi connectivity index (χ0n) is 16.2. The number of carbonyl (C=O) groups is 2. The molecule has 26 heavy (non-hydrogen) atoms. The summed E-state index contributed by atoms with van der Waals surface area (Å²) >= 11 is 1.74. The number of piperazine rings is 1. The molecule has 6 heteroatoms. The van der Waals surface area contributed by atoms with Crippen LogP contribution in [0.3, 0.4) is 0 Å².